The molecule has 1 amide bonds. The fraction of sp³-hybridized carbons (Fsp3) is 0.160. The summed E-state index contributed by atoms with van der Waals surface area (Å²) in [5.41, 5.74) is 1.95. The van der Waals surface area contributed by atoms with Crippen LogP contribution >= 0.6 is 11.8 Å². The van der Waals surface area contributed by atoms with E-state index in [9.17, 15) is 24.6 Å². The Labute approximate surface area is 193 Å². The zero-order valence-corrected chi connectivity index (χ0v) is 18.6. The zero-order chi connectivity index (χ0) is 23.5. The Morgan fingerprint density at radius 1 is 1.03 bits per heavy atom. The Kier molecular flexibility index (Phi) is 6.37. The molecule has 7 nitrogen and oxygen atoms in total. The molecule has 8 heteroatoms. The molecule has 1 aliphatic heterocycles. The summed E-state index contributed by atoms with van der Waals surface area (Å²) in [4.78, 5) is 36.3. The van der Waals surface area contributed by atoms with Crippen LogP contribution in [0, 0.1) is 0 Å². The Morgan fingerprint density at radius 3 is 2.58 bits per heavy atom. The van der Waals surface area contributed by atoms with E-state index in [0.717, 1.165) is 5.75 Å². The van der Waals surface area contributed by atoms with E-state index in [1.165, 1.54) is 30.3 Å². The number of carboxylic acids is 1. The summed E-state index contributed by atoms with van der Waals surface area (Å²) in [6.07, 6.45) is 0.332. The number of fused-ring (bicyclic) bond motifs is 2. The third-order valence-electron chi connectivity index (χ3n) is 5.16. The van der Waals surface area contributed by atoms with Crippen LogP contribution in [0.15, 0.2) is 63.8 Å². The van der Waals surface area contributed by atoms with Crippen LogP contribution in [-0.4, -0.2) is 33.6 Å². The highest BCUT2D eigenvalue weighted by Crippen LogP contribution is 2.42. The van der Waals surface area contributed by atoms with Crippen LogP contribution in [0.3, 0.4) is 0 Å². The minimum Gasteiger partial charge on any atom is -0.508 e. The number of benzene rings is 3. The second kappa shape index (κ2) is 9.38. The van der Waals surface area contributed by atoms with Gasteiger partial charge in [-0.25, -0.2) is 4.79 Å². The quantitative estimate of drug-likeness (QED) is 0.259. The van der Waals surface area contributed by atoms with Crippen molar-refractivity contribution in [1.29, 1.82) is 0 Å². The second-order valence-corrected chi connectivity index (χ2v) is 8.77. The van der Waals surface area contributed by atoms with E-state index in [0.29, 0.717) is 45.5 Å². The SMILES string of the molecule is CCSCCC(=O)Nc1ccc(-c2c3ccc(=O)cc-3oc3cc(O)ccc23)c(C(=O)O)c1. The lowest BCUT2D eigenvalue weighted by molar-refractivity contribution is -0.115. The maximum atomic E-state index is 12.2. The fourth-order valence-electron chi connectivity index (χ4n) is 3.70. The van der Waals surface area contributed by atoms with Crippen molar-refractivity contribution < 1.29 is 24.2 Å². The molecule has 0 saturated heterocycles. The van der Waals surface area contributed by atoms with E-state index in [1.54, 1.807) is 36.0 Å². The number of carboxylic acid groups (broad SMARTS) is 1. The highest BCUT2D eigenvalue weighted by molar-refractivity contribution is 7.99. The number of thioether (sulfide) groups is 1. The molecular formula is C25H21NO6S. The van der Waals surface area contributed by atoms with Crippen LogP contribution in [0.1, 0.15) is 23.7 Å². The maximum absolute atomic E-state index is 12.2. The van der Waals surface area contributed by atoms with Crippen molar-refractivity contribution in [3.63, 3.8) is 0 Å². The highest BCUT2D eigenvalue weighted by Gasteiger charge is 2.22. The number of nitrogens with one attached hydrogen (secondary N) is 1. The van der Waals surface area contributed by atoms with Gasteiger partial charge < -0.3 is 19.9 Å². The number of hydrogen-bond donors (Lipinski definition) is 3. The van der Waals surface area contributed by atoms with Gasteiger partial charge in [-0.2, -0.15) is 11.8 Å². The molecule has 2 aromatic rings. The van der Waals surface area contributed by atoms with E-state index in [-0.39, 0.29) is 28.4 Å². The number of carbonyl (C=O) groups excluding carboxylic acids is 1. The molecule has 33 heavy (non-hydrogen) atoms. The van der Waals surface area contributed by atoms with Gasteiger partial charge in [-0.05, 0) is 47.7 Å². The molecular weight excluding hydrogens is 442 g/mol. The number of amides is 1. The third kappa shape index (κ3) is 4.70. The van der Waals surface area contributed by atoms with Crippen molar-refractivity contribution in [2.45, 2.75) is 13.3 Å². The second-order valence-electron chi connectivity index (χ2n) is 7.38. The van der Waals surface area contributed by atoms with E-state index in [4.69, 9.17) is 4.42 Å². The summed E-state index contributed by atoms with van der Waals surface area (Å²) < 4.78 is 5.83. The first-order chi connectivity index (χ1) is 15.9. The number of rotatable bonds is 7. The van der Waals surface area contributed by atoms with Crippen LogP contribution in [0.4, 0.5) is 5.69 Å². The van der Waals surface area contributed by atoms with Crippen LogP contribution < -0.4 is 10.7 Å². The molecule has 2 aliphatic rings. The summed E-state index contributed by atoms with van der Waals surface area (Å²) in [6.45, 7) is 2.02. The van der Waals surface area contributed by atoms with Gasteiger partial charge in [-0.1, -0.05) is 13.0 Å². The Morgan fingerprint density at radius 2 is 1.82 bits per heavy atom. The molecule has 1 heterocycles. The maximum Gasteiger partial charge on any atom is 0.336 e. The largest absolute Gasteiger partial charge is 0.508 e. The van der Waals surface area contributed by atoms with Crippen molar-refractivity contribution in [3.8, 4) is 28.2 Å². The van der Waals surface area contributed by atoms with Gasteiger partial charge in [0, 0.05) is 46.5 Å². The molecule has 0 bridgehead atoms. The number of phenolic OH excluding ortho intramolecular Hbond substituents is 1. The van der Waals surface area contributed by atoms with Gasteiger partial charge in [0.05, 0.1) is 5.56 Å². The number of hydrogen-bond acceptors (Lipinski definition) is 6. The van der Waals surface area contributed by atoms with Crippen molar-refractivity contribution in [2.75, 3.05) is 16.8 Å². The first-order valence-corrected chi connectivity index (χ1v) is 11.5. The predicted molar refractivity (Wildman–Crippen MR) is 129 cm³/mol. The van der Waals surface area contributed by atoms with Crippen molar-refractivity contribution in [3.05, 3.63) is 70.4 Å². The smallest absolute Gasteiger partial charge is 0.336 e. The van der Waals surface area contributed by atoms with E-state index >= 15 is 0 Å². The molecule has 0 aromatic heterocycles. The first kappa shape index (κ1) is 22.4. The van der Waals surface area contributed by atoms with Crippen molar-refractivity contribution in [2.24, 2.45) is 0 Å². The summed E-state index contributed by atoms with van der Waals surface area (Å²) >= 11 is 1.66. The minimum atomic E-state index is -1.16. The van der Waals surface area contributed by atoms with Gasteiger partial charge in [-0.15, -0.1) is 0 Å². The molecule has 2 aromatic carbocycles. The van der Waals surface area contributed by atoms with Crippen LogP contribution in [0.25, 0.3) is 33.4 Å². The number of carbonyl (C=O) groups is 2. The van der Waals surface area contributed by atoms with Gasteiger partial charge in [0.1, 0.15) is 17.1 Å². The van der Waals surface area contributed by atoms with Crippen LogP contribution in [0.5, 0.6) is 5.75 Å². The lowest BCUT2D eigenvalue weighted by atomic mass is 9.90. The molecule has 168 valence electrons. The van der Waals surface area contributed by atoms with Crippen molar-refractivity contribution >= 4 is 40.3 Å². The molecule has 0 unspecified atom stereocenters. The average Bonchev–Trinajstić information content (AvgIpc) is 2.77. The topological polar surface area (TPSA) is 117 Å². The van der Waals surface area contributed by atoms with Gasteiger partial charge in [0.25, 0.3) is 0 Å². The third-order valence-corrected chi connectivity index (χ3v) is 6.06. The average molecular weight is 464 g/mol. The first-order valence-electron chi connectivity index (χ1n) is 10.3. The number of anilines is 1. The lowest BCUT2D eigenvalue weighted by Gasteiger charge is -2.17. The standard InChI is InChI=1S/C25H21NO6S/c1-2-33-10-9-23(29)26-14-3-6-17(20(11-14)25(30)31)24-18-7-4-15(27)12-21(18)32-22-13-16(28)5-8-19(22)24/h3-8,11-13,27H,2,9-10H2,1H3,(H,26,29)(H,30,31). The highest BCUT2D eigenvalue weighted by atomic mass is 32.2. The fourth-order valence-corrected chi connectivity index (χ4v) is 4.32. The summed E-state index contributed by atoms with van der Waals surface area (Å²) in [5, 5.41) is 23.2. The number of aromatic hydroxyl groups is 1. The zero-order valence-electron chi connectivity index (χ0n) is 17.8. The van der Waals surface area contributed by atoms with Crippen molar-refractivity contribution in [1.82, 2.24) is 0 Å². The minimum absolute atomic E-state index is 0.0104. The van der Waals surface area contributed by atoms with Gasteiger partial charge in [0.15, 0.2) is 5.43 Å². The Bertz CT molecular complexity index is 1390. The molecule has 0 fully saturated rings. The molecule has 1 aliphatic carbocycles. The van der Waals surface area contributed by atoms with Gasteiger partial charge >= 0.3 is 5.97 Å². The van der Waals surface area contributed by atoms with E-state index in [1.807, 2.05) is 6.92 Å². The molecule has 0 radical (unpaired) electrons. The predicted octanol–water partition coefficient (Wildman–Crippen LogP) is 5.05. The van der Waals surface area contributed by atoms with E-state index in [2.05, 4.69) is 5.32 Å². The summed E-state index contributed by atoms with van der Waals surface area (Å²) in [5.74, 6) is 0.510. The number of aromatic carboxylic acids is 1. The number of phenols is 1. The lowest BCUT2D eigenvalue weighted by Crippen LogP contribution is -2.13. The van der Waals surface area contributed by atoms with Crippen LogP contribution in [0.2, 0.25) is 0 Å². The van der Waals surface area contributed by atoms with Gasteiger partial charge in [0.2, 0.25) is 5.91 Å². The Hall–Kier alpha value is -3.78. The van der Waals surface area contributed by atoms with E-state index < -0.39 is 5.97 Å². The van der Waals surface area contributed by atoms with Crippen LogP contribution in [-0.2, 0) is 4.79 Å². The van der Waals surface area contributed by atoms with Gasteiger partial charge in [-0.3, -0.25) is 9.59 Å². The Balaban J connectivity index is 1.87. The molecule has 0 spiro atoms. The summed E-state index contributed by atoms with van der Waals surface area (Å²) in [6, 6.07) is 13.5. The summed E-state index contributed by atoms with van der Waals surface area (Å²) in [7, 11) is 0. The monoisotopic (exact) mass is 463 g/mol. The molecule has 3 N–H and O–H groups in total. The molecule has 0 saturated carbocycles. The molecule has 4 rings (SSSR count). The molecule has 0 atom stereocenters. The normalized spacial score (nSPS) is 11.1.